The maximum Gasteiger partial charge on any atom is 0.457 e. The zero-order valence-electron chi connectivity index (χ0n) is 4.92. The third-order valence-corrected chi connectivity index (χ3v) is 0.573. The summed E-state index contributed by atoms with van der Waals surface area (Å²) in [4.78, 5) is 0. The van der Waals surface area contributed by atoms with Gasteiger partial charge in [0.05, 0.1) is 0 Å². The van der Waals surface area contributed by atoms with Gasteiger partial charge in [-0.3, -0.25) is 0 Å². The van der Waals surface area contributed by atoms with Crippen molar-refractivity contribution in [3.63, 3.8) is 0 Å². The highest BCUT2D eigenvalue weighted by molar-refractivity contribution is 5.10. The molecule has 0 N–H and O–H groups in total. The lowest BCUT2D eigenvalue weighted by atomic mass is 10.4. The highest BCUT2D eigenvalue weighted by atomic mass is 19.4. The van der Waals surface area contributed by atoms with Gasteiger partial charge >= 0.3 is 6.18 Å². The van der Waals surface area contributed by atoms with E-state index in [1.807, 2.05) is 0 Å². The van der Waals surface area contributed by atoms with Crippen LogP contribution in [0.1, 0.15) is 0 Å². The summed E-state index contributed by atoms with van der Waals surface area (Å²) in [5.41, 5.74) is 0. The predicted octanol–water partition coefficient (Wildman–Crippen LogP) is 2.16. The second-order valence-electron chi connectivity index (χ2n) is 1.50. The summed E-state index contributed by atoms with van der Waals surface area (Å²) >= 11 is 0. The topological polar surface area (TPSA) is 0 Å². The van der Waals surface area contributed by atoms with Crippen molar-refractivity contribution >= 4 is 0 Å². The first-order chi connectivity index (χ1) is 4.83. The molecule has 0 nitrogen and oxygen atoms in total. The maximum atomic E-state index is 11.6. The Bertz CT molecular complexity index is 170. The quantitative estimate of drug-likeness (QED) is 0.424. The molecular formula is C5H2F6. The van der Waals surface area contributed by atoms with Crippen molar-refractivity contribution in [3.05, 3.63) is 0 Å². The molecule has 0 bridgehead atoms. The van der Waals surface area contributed by atoms with E-state index < -0.39 is 18.8 Å². The molecule has 0 aliphatic heterocycles. The van der Waals surface area contributed by atoms with Crippen LogP contribution in [0.25, 0.3) is 0 Å². The van der Waals surface area contributed by atoms with Crippen molar-refractivity contribution in [2.24, 2.45) is 0 Å². The Labute approximate surface area is 58.2 Å². The van der Waals surface area contributed by atoms with E-state index in [0.717, 1.165) is 5.92 Å². The van der Waals surface area contributed by atoms with Crippen LogP contribution in [-0.4, -0.2) is 18.8 Å². The molecule has 0 aliphatic carbocycles. The molecule has 0 aliphatic rings. The van der Waals surface area contributed by atoms with E-state index in [-0.39, 0.29) is 0 Å². The third-order valence-electron chi connectivity index (χ3n) is 0.573. The molecule has 0 rings (SSSR count). The molecule has 0 aromatic carbocycles. The zero-order chi connectivity index (χ0) is 9.07. The molecule has 6 heteroatoms. The molecule has 0 heterocycles. The molecule has 0 fully saturated rings. The van der Waals surface area contributed by atoms with Crippen LogP contribution in [0.3, 0.4) is 0 Å². The summed E-state index contributed by atoms with van der Waals surface area (Å²) in [7, 11) is 0. The third kappa shape index (κ3) is 5.58. The standard InChI is InChI=1S/C5H2F6/c6-3(4(7)8)1-2-5(9,10)11/h3-4H. The van der Waals surface area contributed by atoms with Gasteiger partial charge in [0, 0.05) is 5.92 Å². The van der Waals surface area contributed by atoms with Gasteiger partial charge in [-0.1, -0.05) is 5.92 Å². The van der Waals surface area contributed by atoms with Crippen molar-refractivity contribution in [3.8, 4) is 11.8 Å². The highest BCUT2D eigenvalue weighted by Gasteiger charge is 2.25. The highest BCUT2D eigenvalue weighted by Crippen LogP contribution is 2.13. The van der Waals surface area contributed by atoms with Crippen molar-refractivity contribution < 1.29 is 26.3 Å². The van der Waals surface area contributed by atoms with Crippen LogP contribution >= 0.6 is 0 Å². The molecule has 0 radical (unpaired) electrons. The minimum absolute atomic E-state index is 0.398. The van der Waals surface area contributed by atoms with Crippen LogP contribution < -0.4 is 0 Å². The van der Waals surface area contributed by atoms with E-state index in [1.54, 1.807) is 0 Å². The first-order valence-electron chi connectivity index (χ1n) is 2.34. The number of hydrogen-bond acceptors (Lipinski definition) is 0. The van der Waals surface area contributed by atoms with Crippen molar-refractivity contribution in [2.75, 3.05) is 0 Å². The number of alkyl halides is 6. The zero-order valence-corrected chi connectivity index (χ0v) is 4.92. The summed E-state index contributed by atoms with van der Waals surface area (Å²) in [5.74, 6) is 1.13. The largest absolute Gasteiger partial charge is 0.457 e. The molecule has 1 atom stereocenters. The van der Waals surface area contributed by atoms with Gasteiger partial charge in [-0.15, -0.1) is 0 Å². The molecule has 64 valence electrons. The van der Waals surface area contributed by atoms with Gasteiger partial charge in [-0.2, -0.15) is 13.2 Å². The van der Waals surface area contributed by atoms with Crippen LogP contribution in [-0.2, 0) is 0 Å². The average molecular weight is 176 g/mol. The van der Waals surface area contributed by atoms with Crippen LogP contribution in [0.15, 0.2) is 0 Å². The monoisotopic (exact) mass is 176 g/mol. The Morgan fingerprint density at radius 1 is 1.00 bits per heavy atom. The SMILES string of the molecule is FC(F)C(F)C#CC(F)(F)F. The summed E-state index contributed by atoms with van der Waals surface area (Å²) in [6.07, 6.45) is -11.4. The smallest absolute Gasteiger partial charge is 0.227 e. The molecule has 0 spiro atoms. The second-order valence-corrected chi connectivity index (χ2v) is 1.50. The predicted molar refractivity (Wildman–Crippen MR) is 24.7 cm³/mol. The lowest BCUT2D eigenvalue weighted by molar-refractivity contribution is -0.0700. The van der Waals surface area contributed by atoms with Gasteiger partial charge in [-0.25, -0.2) is 13.2 Å². The average Bonchev–Trinajstić information content (AvgIpc) is 1.80. The van der Waals surface area contributed by atoms with Crippen LogP contribution in [0.2, 0.25) is 0 Å². The maximum absolute atomic E-state index is 11.6. The van der Waals surface area contributed by atoms with Gasteiger partial charge in [0.2, 0.25) is 6.17 Å². The summed E-state index contributed by atoms with van der Waals surface area (Å²) in [6.45, 7) is 0. The Balaban J connectivity index is 4.08. The first-order valence-corrected chi connectivity index (χ1v) is 2.34. The lowest BCUT2D eigenvalue weighted by Gasteiger charge is -1.96. The first kappa shape index (κ1) is 10.1. The van der Waals surface area contributed by atoms with Crippen molar-refractivity contribution in [2.45, 2.75) is 18.8 Å². The van der Waals surface area contributed by atoms with Gasteiger partial charge in [0.15, 0.2) is 0 Å². The van der Waals surface area contributed by atoms with Crippen LogP contribution in [0, 0.1) is 11.8 Å². The molecule has 0 aromatic rings. The van der Waals surface area contributed by atoms with E-state index in [2.05, 4.69) is 0 Å². The summed E-state index contributed by atoms with van der Waals surface area (Å²) in [5, 5.41) is 0. The van der Waals surface area contributed by atoms with Gasteiger partial charge in [-0.05, 0) is 0 Å². The lowest BCUT2D eigenvalue weighted by Crippen LogP contribution is -2.11. The van der Waals surface area contributed by atoms with E-state index in [9.17, 15) is 26.3 Å². The summed E-state index contributed by atoms with van der Waals surface area (Å²) in [6, 6.07) is 0. The molecule has 11 heavy (non-hydrogen) atoms. The van der Waals surface area contributed by atoms with Crippen molar-refractivity contribution in [1.29, 1.82) is 0 Å². The Kier molecular flexibility index (Phi) is 3.23. The van der Waals surface area contributed by atoms with Gasteiger partial charge < -0.3 is 0 Å². The number of hydrogen-bond donors (Lipinski definition) is 0. The van der Waals surface area contributed by atoms with E-state index in [0.29, 0.717) is 5.92 Å². The molecule has 0 saturated carbocycles. The second kappa shape index (κ2) is 3.51. The molecule has 0 aromatic heterocycles. The van der Waals surface area contributed by atoms with Crippen LogP contribution in [0.4, 0.5) is 26.3 Å². The fraction of sp³-hybridized carbons (Fsp3) is 0.600. The van der Waals surface area contributed by atoms with Crippen LogP contribution in [0.5, 0.6) is 0 Å². The Morgan fingerprint density at radius 3 is 1.73 bits per heavy atom. The van der Waals surface area contributed by atoms with E-state index >= 15 is 0 Å². The molecular weight excluding hydrogens is 174 g/mol. The molecule has 0 amide bonds. The van der Waals surface area contributed by atoms with Crippen molar-refractivity contribution in [1.82, 2.24) is 0 Å². The van der Waals surface area contributed by atoms with E-state index in [1.165, 1.54) is 0 Å². The number of rotatable bonds is 1. The minimum atomic E-state index is -4.92. The fourth-order valence-electron chi connectivity index (χ4n) is 0.214. The Morgan fingerprint density at radius 2 is 1.45 bits per heavy atom. The number of halogens is 6. The molecule has 0 saturated heterocycles. The summed E-state index contributed by atoms with van der Waals surface area (Å²) < 4.78 is 67.2. The molecule has 1 unspecified atom stereocenters. The van der Waals surface area contributed by atoms with Gasteiger partial charge in [0.25, 0.3) is 6.43 Å². The van der Waals surface area contributed by atoms with Gasteiger partial charge in [0.1, 0.15) is 0 Å². The minimum Gasteiger partial charge on any atom is -0.227 e. The Hall–Kier alpha value is -0.860. The fourth-order valence-corrected chi connectivity index (χ4v) is 0.214. The normalized spacial score (nSPS) is 14.1. The van der Waals surface area contributed by atoms with E-state index in [4.69, 9.17) is 0 Å².